The molecule has 0 aliphatic heterocycles. The molecule has 4 rings (SSSR count). The molecule has 0 saturated heterocycles. The third-order valence-corrected chi connectivity index (χ3v) is 5.61. The molecule has 0 saturated carbocycles. The first-order valence-electron chi connectivity index (χ1n) is 10.4. The van der Waals surface area contributed by atoms with Crippen molar-refractivity contribution in [3.63, 3.8) is 0 Å². The highest BCUT2D eigenvalue weighted by Gasteiger charge is 2.26. The maximum absolute atomic E-state index is 13.6. The van der Waals surface area contributed by atoms with Crippen molar-refractivity contribution in [3.05, 3.63) is 117 Å². The van der Waals surface area contributed by atoms with Crippen LogP contribution in [0.15, 0.2) is 83.8 Å². The lowest BCUT2D eigenvalue weighted by Crippen LogP contribution is -2.31. The molecule has 2 aromatic carbocycles. The lowest BCUT2D eigenvalue weighted by atomic mass is 9.95. The van der Waals surface area contributed by atoms with E-state index in [-0.39, 0.29) is 11.3 Å². The van der Waals surface area contributed by atoms with Crippen molar-refractivity contribution in [2.45, 2.75) is 26.3 Å². The second-order valence-electron chi connectivity index (χ2n) is 7.91. The number of H-pyrrole nitrogens is 1. The monoisotopic (exact) mass is 421 g/mol. The van der Waals surface area contributed by atoms with E-state index in [9.17, 15) is 14.9 Å². The second-order valence-corrected chi connectivity index (χ2v) is 7.91. The molecule has 158 valence electrons. The van der Waals surface area contributed by atoms with Crippen molar-refractivity contribution < 1.29 is 4.79 Å². The van der Waals surface area contributed by atoms with Crippen molar-refractivity contribution in [2.75, 3.05) is 0 Å². The molecule has 32 heavy (non-hydrogen) atoms. The normalized spacial score (nSPS) is 11.7. The zero-order chi connectivity index (χ0) is 22.7. The van der Waals surface area contributed by atoms with Crippen LogP contribution in [0.5, 0.6) is 0 Å². The van der Waals surface area contributed by atoms with Crippen LogP contribution in [0.1, 0.15) is 38.9 Å². The Kier molecular flexibility index (Phi) is 5.87. The van der Waals surface area contributed by atoms with E-state index < -0.39 is 6.04 Å². The van der Waals surface area contributed by atoms with Gasteiger partial charge in [-0.25, -0.2) is 0 Å². The smallest absolute Gasteiger partial charge is 0.251 e. The predicted molar refractivity (Wildman–Crippen MR) is 125 cm³/mol. The number of carbonyl (C=O) groups is 1. The maximum atomic E-state index is 13.6. The quantitative estimate of drug-likeness (QED) is 0.445. The van der Waals surface area contributed by atoms with E-state index in [0.717, 1.165) is 28.1 Å². The number of pyridine rings is 1. The Morgan fingerprint density at radius 2 is 1.69 bits per heavy atom. The molecule has 1 unspecified atom stereocenters. The number of nitrogens with zero attached hydrogens (tertiary/aromatic N) is 2. The lowest BCUT2D eigenvalue weighted by molar-refractivity contribution is 0.0922. The number of hydrogen-bond acceptors (Lipinski definition) is 3. The number of hydrogen-bond donors (Lipinski definition) is 1. The molecule has 4 aromatic rings. The van der Waals surface area contributed by atoms with Gasteiger partial charge in [-0.2, -0.15) is 5.26 Å². The van der Waals surface area contributed by atoms with Crippen LogP contribution in [0, 0.1) is 25.2 Å². The van der Waals surface area contributed by atoms with Crippen molar-refractivity contribution in [2.24, 2.45) is 0 Å². The number of Topliss-reactive ketones (excluding diaryl/α,β-unsaturated/α-hetero) is 1. The lowest BCUT2D eigenvalue weighted by Gasteiger charge is -2.19. The van der Waals surface area contributed by atoms with Crippen LogP contribution in [0.2, 0.25) is 0 Å². The van der Waals surface area contributed by atoms with Crippen LogP contribution >= 0.6 is 0 Å². The van der Waals surface area contributed by atoms with E-state index in [1.165, 1.54) is 22.9 Å². The molecule has 2 aromatic heterocycles. The fourth-order valence-electron chi connectivity index (χ4n) is 3.98. The fraction of sp³-hybridized carbons (Fsp3) is 0.148. The van der Waals surface area contributed by atoms with Crippen LogP contribution in [0.4, 0.5) is 0 Å². The summed E-state index contributed by atoms with van der Waals surface area (Å²) in [5.41, 5.74) is 5.36. The summed E-state index contributed by atoms with van der Waals surface area (Å²) in [4.78, 5) is 29.4. The van der Waals surface area contributed by atoms with Gasteiger partial charge in [0.1, 0.15) is 12.1 Å². The summed E-state index contributed by atoms with van der Waals surface area (Å²) in [6.45, 7) is 3.74. The van der Waals surface area contributed by atoms with Gasteiger partial charge in [0.25, 0.3) is 5.56 Å². The molecule has 0 aliphatic rings. The number of rotatable bonds is 6. The summed E-state index contributed by atoms with van der Waals surface area (Å²) in [7, 11) is 0. The van der Waals surface area contributed by atoms with Crippen LogP contribution in [0.3, 0.4) is 0 Å². The van der Waals surface area contributed by atoms with Crippen LogP contribution in [0.25, 0.3) is 11.1 Å². The first-order valence-corrected chi connectivity index (χ1v) is 10.4. The predicted octanol–water partition coefficient (Wildman–Crippen LogP) is 5.00. The molecule has 1 atom stereocenters. The average molecular weight is 422 g/mol. The van der Waals surface area contributed by atoms with Gasteiger partial charge in [0.05, 0.1) is 5.56 Å². The molecule has 0 radical (unpaired) electrons. The molecule has 0 amide bonds. The van der Waals surface area contributed by atoms with E-state index in [0.29, 0.717) is 17.5 Å². The van der Waals surface area contributed by atoms with E-state index in [1.54, 1.807) is 0 Å². The molecule has 0 bridgehead atoms. The Balaban J connectivity index is 1.73. The van der Waals surface area contributed by atoms with Crippen molar-refractivity contribution in [3.8, 4) is 17.2 Å². The summed E-state index contributed by atoms with van der Waals surface area (Å²) >= 11 is 0. The number of carbonyl (C=O) groups excluding carboxylic acids is 1. The molecule has 5 heteroatoms. The van der Waals surface area contributed by atoms with Crippen LogP contribution in [-0.4, -0.2) is 15.3 Å². The number of benzene rings is 2. The summed E-state index contributed by atoms with van der Waals surface area (Å²) in [6.07, 6.45) is 1.81. The maximum Gasteiger partial charge on any atom is 0.251 e. The topological polar surface area (TPSA) is 78.7 Å². The summed E-state index contributed by atoms with van der Waals surface area (Å²) in [5.74, 6) is -0.156. The first-order chi connectivity index (χ1) is 15.5. The Morgan fingerprint density at radius 1 is 1.00 bits per heavy atom. The number of aryl methyl sites for hydroxylation is 2. The zero-order valence-electron chi connectivity index (χ0n) is 18.0. The van der Waals surface area contributed by atoms with Gasteiger partial charge in [0.15, 0.2) is 5.78 Å². The van der Waals surface area contributed by atoms with Gasteiger partial charge in [-0.15, -0.1) is 0 Å². The Bertz CT molecular complexity index is 1360. The first kappa shape index (κ1) is 21.1. The Morgan fingerprint density at radius 3 is 2.31 bits per heavy atom. The summed E-state index contributed by atoms with van der Waals surface area (Å²) in [6, 6.07) is 24.0. The second kappa shape index (κ2) is 8.91. The van der Waals surface area contributed by atoms with Crippen LogP contribution < -0.4 is 5.56 Å². The number of aromatic amines is 1. The van der Waals surface area contributed by atoms with E-state index in [4.69, 9.17) is 0 Å². The molecule has 0 fully saturated rings. The van der Waals surface area contributed by atoms with E-state index in [2.05, 4.69) is 11.1 Å². The summed E-state index contributed by atoms with van der Waals surface area (Å²) < 4.78 is 1.38. The van der Waals surface area contributed by atoms with Crippen molar-refractivity contribution >= 4 is 5.78 Å². The Labute approximate surface area is 186 Å². The fourth-order valence-corrected chi connectivity index (χ4v) is 3.98. The molecule has 0 spiro atoms. The minimum atomic E-state index is -0.757. The number of aromatic nitrogens is 2. The molecular weight excluding hydrogens is 398 g/mol. The van der Waals surface area contributed by atoms with Gasteiger partial charge in [0.2, 0.25) is 0 Å². The third-order valence-electron chi connectivity index (χ3n) is 5.61. The average Bonchev–Trinajstić information content (AvgIpc) is 3.16. The zero-order valence-corrected chi connectivity index (χ0v) is 18.0. The highest BCUT2D eigenvalue weighted by Crippen LogP contribution is 2.24. The van der Waals surface area contributed by atoms with Gasteiger partial charge in [-0.1, -0.05) is 54.6 Å². The van der Waals surface area contributed by atoms with Crippen molar-refractivity contribution in [1.82, 2.24) is 9.55 Å². The highest BCUT2D eigenvalue weighted by atomic mass is 16.1. The molecule has 5 nitrogen and oxygen atoms in total. The number of ketones is 1. The molecule has 0 aliphatic carbocycles. The molecule has 1 N–H and O–H groups in total. The minimum absolute atomic E-state index is 0.156. The van der Waals surface area contributed by atoms with Crippen molar-refractivity contribution in [1.29, 1.82) is 5.26 Å². The third kappa shape index (κ3) is 4.30. The minimum Gasteiger partial charge on any atom is -0.362 e. The SMILES string of the molecule is Cc1cc(C(=O)C(Cc2ccc(-c3ccccc3)cc2)n2cc(C#N)ccc2=O)c(C)[nH]1. The van der Waals surface area contributed by atoms with E-state index in [1.807, 2.05) is 74.5 Å². The standard InChI is InChI=1S/C27H23N3O2/c1-18-14-24(19(2)29-18)27(32)25(30-17-21(16-28)10-13-26(30)31)15-20-8-11-23(12-9-20)22-6-4-3-5-7-22/h3-14,17,25,29H,15H2,1-2H3. The Hall–Kier alpha value is -4.17. The number of nitrogens with one attached hydrogen (secondary N) is 1. The van der Waals surface area contributed by atoms with Gasteiger partial charge in [-0.3, -0.25) is 9.59 Å². The number of nitriles is 1. The molecular formula is C27H23N3O2. The highest BCUT2D eigenvalue weighted by molar-refractivity contribution is 6.00. The van der Waals surface area contributed by atoms with Crippen LogP contribution in [-0.2, 0) is 6.42 Å². The van der Waals surface area contributed by atoms with Gasteiger partial charge >= 0.3 is 0 Å². The van der Waals surface area contributed by atoms with Gasteiger partial charge < -0.3 is 9.55 Å². The largest absolute Gasteiger partial charge is 0.362 e. The van der Waals surface area contributed by atoms with Gasteiger partial charge in [-0.05, 0) is 42.7 Å². The van der Waals surface area contributed by atoms with E-state index >= 15 is 0 Å². The summed E-state index contributed by atoms with van der Waals surface area (Å²) in [5, 5.41) is 9.31. The molecule has 2 heterocycles. The van der Waals surface area contributed by atoms with Gasteiger partial charge in [0, 0.05) is 35.6 Å².